The first-order chi connectivity index (χ1) is 10.6. The van der Waals surface area contributed by atoms with Gasteiger partial charge in [-0.25, -0.2) is 4.98 Å². The smallest absolute Gasteiger partial charge is 0.310 e. The van der Waals surface area contributed by atoms with Crippen molar-refractivity contribution in [2.45, 2.75) is 24.7 Å². The number of carboxylic acids is 1. The second kappa shape index (κ2) is 4.67. The minimum atomic E-state index is -0.949. The summed E-state index contributed by atoms with van der Waals surface area (Å²) in [4.78, 5) is 29.8. The number of amides is 1. The number of carbonyl (C=O) groups is 2. The Morgan fingerprint density at radius 2 is 2.36 bits per heavy atom. The molecule has 2 saturated heterocycles. The number of likely N-dealkylation sites (tertiary alicyclic amines) is 1. The van der Waals surface area contributed by atoms with E-state index in [-0.39, 0.29) is 5.91 Å². The molecule has 1 N–H and O–H groups in total. The first-order valence-electron chi connectivity index (χ1n) is 7.45. The standard InChI is InChI=1S/C15H17N3O4/c19-13-12-11(14(20)21)10-2-3-15(12,22-10)8-18(13)6-1-5-17-7-4-16-9-17/h2-4,7,9-12H,1,5-6,8H2,(H,20,21)/t10-,11-,12-,15+/m0/s1. The van der Waals surface area contributed by atoms with E-state index in [0.29, 0.717) is 13.1 Å². The van der Waals surface area contributed by atoms with Crippen LogP contribution >= 0.6 is 0 Å². The van der Waals surface area contributed by atoms with E-state index in [1.165, 1.54) is 0 Å². The predicted molar refractivity (Wildman–Crippen MR) is 74.8 cm³/mol. The first-order valence-corrected chi connectivity index (χ1v) is 7.45. The number of carboxylic acid groups (broad SMARTS) is 1. The van der Waals surface area contributed by atoms with Gasteiger partial charge < -0.3 is 19.3 Å². The molecule has 1 spiro atoms. The molecule has 0 saturated carbocycles. The maximum absolute atomic E-state index is 12.6. The van der Waals surface area contributed by atoms with Crippen LogP contribution in [0.15, 0.2) is 30.9 Å². The average molecular weight is 303 g/mol. The molecular formula is C15H17N3O4. The van der Waals surface area contributed by atoms with Crippen LogP contribution in [-0.2, 0) is 20.9 Å². The lowest BCUT2D eigenvalue weighted by Gasteiger charge is -2.21. The summed E-state index contributed by atoms with van der Waals surface area (Å²) in [6, 6.07) is 0. The lowest BCUT2D eigenvalue weighted by atomic mass is 9.77. The Hall–Kier alpha value is -2.15. The number of aromatic nitrogens is 2. The molecule has 2 bridgehead atoms. The highest BCUT2D eigenvalue weighted by Crippen LogP contribution is 2.51. The molecule has 4 atom stereocenters. The second-order valence-electron chi connectivity index (χ2n) is 6.15. The number of fused-ring (bicyclic) bond motifs is 1. The van der Waals surface area contributed by atoms with E-state index in [1.807, 2.05) is 16.8 Å². The summed E-state index contributed by atoms with van der Waals surface area (Å²) in [7, 11) is 0. The van der Waals surface area contributed by atoms with Gasteiger partial charge in [0.05, 0.1) is 24.9 Å². The van der Waals surface area contributed by atoms with Gasteiger partial charge in [-0.05, 0) is 6.42 Å². The summed E-state index contributed by atoms with van der Waals surface area (Å²) >= 11 is 0. The molecule has 0 unspecified atom stereocenters. The van der Waals surface area contributed by atoms with Gasteiger partial charge in [-0.15, -0.1) is 0 Å². The van der Waals surface area contributed by atoms with Gasteiger partial charge in [-0.2, -0.15) is 0 Å². The van der Waals surface area contributed by atoms with Gasteiger partial charge in [-0.3, -0.25) is 9.59 Å². The van der Waals surface area contributed by atoms with Gasteiger partial charge in [0.1, 0.15) is 11.5 Å². The number of hydrogen-bond acceptors (Lipinski definition) is 4. The predicted octanol–water partition coefficient (Wildman–Crippen LogP) is 0.140. The van der Waals surface area contributed by atoms with Gasteiger partial charge >= 0.3 is 5.97 Å². The Balaban J connectivity index is 1.45. The lowest BCUT2D eigenvalue weighted by Crippen LogP contribution is -2.39. The lowest BCUT2D eigenvalue weighted by molar-refractivity contribution is -0.148. The number of rotatable bonds is 5. The summed E-state index contributed by atoms with van der Waals surface area (Å²) in [5, 5.41) is 9.39. The average Bonchev–Trinajstić information content (AvgIpc) is 3.22. The minimum absolute atomic E-state index is 0.0927. The summed E-state index contributed by atoms with van der Waals surface area (Å²) in [6.45, 7) is 1.84. The van der Waals surface area contributed by atoms with Gasteiger partial charge in [-0.1, -0.05) is 12.2 Å². The van der Waals surface area contributed by atoms with E-state index in [0.717, 1.165) is 13.0 Å². The fourth-order valence-corrected chi connectivity index (χ4v) is 3.91. The fourth-order valence-electron chi connectivity index (χ4n) is 3.91. The van der Waals surface area contributed by atoms with Crippen molar-refractivity contribution >= 4 is 11.9 Å². The molecular weight excluding hydrogens is 286 g/mol. The number of carbonyl (C=O) groups excluding carboxylic acids is 1. The summed E-state index contributed by atoms with van der Waals surface area (Å²) < 4.78 is 7.80. The minimum Gasteiger partial charge on any atom is -0.481 e. The molecule has 1 aromatic heterocycles. The number of nitrogens with zero attached hydrogens (tertiary/aromatic N) is 3. The molecule has 1 aromatic rings. The van der Waals surface area contributed by atoms with Crippen molar-refractivity contribution in [2.24, 2.45) is 11.8 Å². The third-order valence-electron chi connectivity index (χ3n) is 4.87. The maximum atomic E-state index is 12.6. The first kappa shape index (κ1) is 13.5. The fraction of sp³-hybridized carbons (Fsp3) is 0.533. The maximum Gasteiger partial charge on any atom is 0.310 e. The highest BCUT2D eigenvalue weighted by molar-refractivity contribution is 5.90. The molecule has 3 aliphatic heterocycles. The van der Waals surface area contributed by atoms with Crippen LogP contribution in [0.3, 0.4) is 0 Å². The summed E-state index contributed by atoms with van der Waals surface area (Å²) in [5.74, 6) is -2.37. The molecule has 4 heterocycles. The zero-order valence-electron chi connectivity index (χ0n) is 12.0. The second-order valence-corrected chi connectivity index (χ2v) is 6.15. The third-order valence-corrected chi connectivity index (χ3v) is 4.87. The topological polar surface area (TPSA) is 84.7 Å². The van der Waals surface area contributed by atoms with Crippen LogP contribution in [0, 0.1) is 11.8 Å². The van der Waals surface area contributed by atoms with Crippen molar-refractivity contribution < 1.29 is 19.4 Å². The molecule has 0 aromatic carbocycles. The van der Waals surface area contributed by atoms with E-state index < -0.39 is 29.5 Å². The Bertz CT molecular complexity index is 641. The molecule has 0 radical (unpaired) electrons. The van der Waals surface area contributed by atoms with Crippen LogP contribution in [0.1, 0.15) is 6.42 Å². The van der Waals surface area contributed by atoms with Crippen LogP contribution < -0.4 is 0 Å². The van der Waals surface area contributed by atoms with E-state index in [4.69, 9.17) is 4.74 Å². The van der Waals surface area contributed by atoms with E-state index in [1.54, 1.807) is 23.5 Å². The van der Waals surface area contributed by atoms with E-state index >= 15 is 0 Å². The van der Waals surface area contributed by atoms with Gasteiger partial charge in [0.25, 0.3) is 0 Å². The quantitative estimate of drug-likeness (QED) is 0.782. The number of ether oxygens (including phenoxy) is 1. The Labute approximate surface area is 127 Å². The molecule has 7 nitrogen and oxygen atoms in total. The molecule has 7 heteroatoms. The van der Waals surface area contributed by atoms with Gasteiger partial charge in [0.15, 0.2) is 0 Å². The van der Waals surface area contributed by atoms with Crippen LogP contribution in [0.25, 0.3) is 0 Å². The normalized spacial score (nSPS) is 35.4. The zero-order chi connectivity index (χ0) is 15.3. The van der Waals surface area contributed by atoms with Crippen molar-refractivity contribution in [3.05, 3.63) is 30.9 Å². The van der Waals surface area contributed by atoms with Crippen molar-refractivity contribution in [1.82, 2.24) is 14.5 Å². The van der Waals surface area contributed by atoms with Gasteiger partial charge in [0, 0.05) is 25.5 Å². The third kappa shape index (κ3) is 1.81. The SMILES string of the molecule is O=C(O)[C@H]1[C@@H]2C=C[C@]3(CN(CCCn4ccnc4)C(=O)[C@H]13)O2. The highest BCUT2D eigenvalue weighted by Gasteiger charge is 2.66. The molecule has 2 fully saturated rings. The summed E-state index contributed by atoms with van der Waals surface area (Å²) in [6.07, 6.45) is 9.36. The summed E-state index contributed by atoms with van der Waals surface area (Å²) in [5.41, 5.74) is -0.722. The Morgan fingerprint density at radius 1 is 1.50 bits per heavy atom. The number of aliphatic carboxylic acids is 1. The van der Waals surface area contributed by atoms with Crippen LogP contribution in [0.2, 0.25) is 0 Å². The van der Waals surface area contributed by atoms with Crippen molar-refractivity contribution in [3.8, 4) is 0 Å². The van der Waals surface area contributed by atoms with Crippen molar-refractivity contribution in [1.29, 1.82) is 0 Å². The number of aryl methyl sites for hydroxylation is 1. The van der Waals surface area contributed by atoms with E-state index in [9.17, 15) is 14.7 Å². The van der Waals surface area contributed by atoms with E-state index in [2.05, 4.69) is 4.98 Å². The zero-order valence-corrected chi connectivity index (χ0v) is 12.0. The Morgan fingerprint density at radius 3 is 3.09 bits per heavy atom. The number of imidazole rings is 1. The van der Waals surface area contributed by atoms with Crippen molar-refractivity contribution in [3.63, 3.8) is 0 Å². The van der Waals surface area contributed by atoms with Crippen LogP contribution in [0.5, 0.6) is 0 Å². The molecule has 22 heavy (non-hydrogen) atoms. The molecule has 0 aliphatic carbocycles. The van der Waals surface area contributed by atoms with Crippen LogP contribution in [0.4, 0.5) is 0 Å². The van der Waals surface area contributed by atoms with Crippen molar-refractivity contribution in [2.75, 3.05) is 13.1 Å². The monoisotopic (exact) mass is 303 g/mol. The molecule has 116 valence electrons. The number of hydrogen-bond donors (Lipinski definition) is 1. The highest BCUT2D eigenvalue weighted by atomic mass is 16.5. The van der Waals surface area contributed by atoms with Crippen LogP contribution in [-0.4, -0.2) is 56.2 Å². The largest absolute Gasteiger partial charge is 0.481 e. The molecule has 3 aliphatic rings. The molecule has 4 rings (SSSR count). The van der Waals surface area contributed by atoms with Gasteiger partial charge in [0.2, 0.25) is 5.91 Å². The molecule has 1 amide bonds. The Kier molecular flexibility index (Phi) is 2.87.